The number of aliphatic hydroxyl groups is 2. The molecule has 8 nitrogen and oxygen atoms in total. The summed E-state index contributed by atoms with van der Waals surface area (Å²) in [5.74, 6) is 1.61. The van der Waals surface area contributed by atoms with E-state index >= 15 is 0 Å². The molecule has 0 radical (unpaired) electrons. The third-order valence-corrected chi connectivity index (χ3v) is 4.29. The number of aliphatic imine (C=N–C) groups is 2. The second kappa shape index (κ2) is 10.4. The number of aliphatic hydroxyl groups excluding tert-OH is 2. The molecule has 2 aliphatic rings. The van der Waals surface area contributed by atoms with Gasteiger partial charge in [0.05, 0.1) is 13.1 Å². The minimum absolute atomic E-state index is 0. The summed E-state index contributed by atoms with van der Waals surface area (Å²) >= 11 is 0. The highest BCUT2D eigenvalue weighted by atomic mass is 35.5. The van der Waals surface area contributed by atoms with Crippen molar-refractivity contribution >= 4 is 36.5 Å². The lowest BCUT2D eigenvalue weighted by atomic mass is 10.0. The summed E-state index contributed by atoms with van der Waals surface area (Å²) in [5.41, 5.74) is -1.10. The van der Waals surface area contributed by atoms with E-state index in [-0.39, 0.29) is 50.1 Å². The number of halogens is 2. The normalized spacial score (nSPS) is 22.8. The van der Waals surface area contributed by atoms with Gasteiger partial charge in [0.2, 0.25) is 0 Å². The molecular weight excluding hydrogens is 379 g/mol. The van der Waals surface area contributed by atoms with Gasteiger partial charge in [-0.1, -0.05) is 0 Å². The van der Waals surface area contributed by atoms with Crippen LogP contribution in [0.2, 0.25) is 0 Å². The van der Waals surface area contributed by atoms with Gasteiger partial charge < -0.3 is 20.8 Å². The van der Waals surface area contributed by atoms with Gasteiger partial charge in [0, 0.05) is 25.3 Å². The fraction of sp³-hybridized carbons (Fsp3) is 0.875. The quantitative estimate of drug-likeness (QED) is 0.452. The zero-order valence-electron chi connectivity index (χ0n) is 15.9. The first-order chi connectivity index (χ1) is 11.3. The predicted molar refractivity (Wildman–Crippen MR) is 109 cm³/mol. The standard InChI is InChI=1S/C16H30N6O2.2ClH/c1-15(2,13-17-9-11(19-13)5-7-23)21-22-16(3,4)14-18-10-12(20-14)6-8-24;;/h11-12,23-24H,5-10H2,1-4H3,(H,17,19)(H,18,20);2*1H. The van der Waals surface area contributed by atoms with Crippen LogP contribution in [0.4, 0.5) is 0 Å². The van der Waals surface area contributed by atoms with Crippen molar-refractivity contribution in [3.63, 3.8) is 0 Å². The van der Waals surface area contributed by atoms with Crippen molar-refractivity contribution < 1.29 is 10.2 Å². The van der Waals surface area contributed by atoms with Gasteiger partial charge in [-0.05, 0) is 40.5 Å². The molecule has 0 spiro atoms. The Bertz CT molecular complexity index is 491. The van der Waals surface area contributed by atoms with E-state index in [9.17, 15) is 0 Å². The lowest BCUT2D eigenvalue weighted by molar-refractivity contribution is 0.274. The van der Waals surface area contributed by atoms with Crippen LogP contribution >= 0.6 is 24.8 Å². The summed E-state index contributed by atoms with van der Waals surface area (Å²) in [6, 6.07) is 0.347. The van der Waals surface area contributed by atoms with Crippen molar-refractivity contribution in [3.05, 3.63) is 0 Å². The maximum absolute atomic E-state index is 9.04. The molecule has 2 unspecified atom stereocenters. The SMILES string of the molecule is CC(C)(N=NC(C)(C)C1=NCC(CCO)N1)C1=NCC(CCO)N1.Cl.Cl. The van der Waals surface area contributed by atoms with Crippen molar-refractivity contribution in [3.8, 4) is 0 Å². The minimum Gasteiger partial charge on any atom is -0.396 e. The van der Waals surface area contributed by atoms with Gasteiger partial charge in [0.1, 0.15) is 22.7 Å². The van der Waals surface area contributed by atoms with Gasteiger partial charge in [0.25, 0.3) is 0 Å². The number of amidine groups is 2. The topological polar surface area (TPSA) is 114 Å². The Morgan fingerprint density at radius 2 is 1.19 bits per heavy atom. The van der Waals surface area contributed by atoms with E-state index in [1.54, 1.807) is 0 Å². The van der Waals surface area contributed by atoms with E-state index in [1.807, 2.05) is 27.7 Å². The Balaban J connectivity index is 0.00000312. The predicted octanol–water partition coefficient (Wildman–Crippen LogP) is 1.34. The zero-order valence-corrected chi connectivity index (χ0v) is 17.5. The molecule has 2 aliphatic heterocycles. The van der Waals surface area contributed by atoms with Crippen LogP contribution in [0, 0.1) is 0 Å². The lowest BCUT2D eigenvalue weighted by Crippen LogP contribution is -2.44. The zero-order chi connectivity index (χ0) is 17.8. The fourth-order valence-corrected chi connectivity index (χ4v) is 2.70. The molecular formula is C16H32Cl2N6O2. The number of hydrogen-bond donors (Lipinski definition) is 4. The summed E-state index contributed by atoms with van der Waals surface area (Å²) < 4.78 is 0. The molecule has 0 aromatic rings. The molecule has 26 heavy (non-hydrogen) atoms. The highest BCUT2D eigenvalue weighted by Crippen LogP contribution is 2.21. The minimum atomic E-state index is -0.550. The maximum atomic E-state index is 9.04. The molecule has 152 valence electrons. The third-order valence-electron chi connectivity index (χ3n) is 4.29. The molecule has 2 heterocycles. The van der Waals surface area contributed by atoms with Crippen molar-refractivity contribution in [2.75, 3.05) is 26.3 Å². The summed E-state index contributed by atoms with van der Waals surface area (Å²) in [6.45, 7) is 9.50. The molecule has 0 fully saturated rings. The first-order valence-corrected chi connectivity index (χ1v) is 8.57. The Morgan fingerprint density at radius 1 is 0.846 bits per heavy atom. The first kappa shape index (κ1) is 25.0. The average Bonchev–Trinajstić information content (AvgIpc) is 3.16. The van der Waals surface area contributed by atoms with E-state index in [4.69, 9.17) is 10.2 Å². The summed E-state index contributed by atoms with van der Waals surface area (Å²) in [4.78, 5) is 9.02. The van der Waals surface area contributed by atoms with Crippen LogP contribution in [0.25, 0.3) is 0 Å². The molecule has 0 saturated heterocycles. The maximum Gasteiger partial charge on any atom is 0.133 e. The van der Waals surface area contributed by atoms with E-state index in [0.29, 0.717) is 25.9 Å². The van der Waals surface area contributed by atoms with Gasteiger partial charge in [-0.15, -0.1) is 24.8 Å². The van der Waals surface area contributed by atoms with E-state index in [1.165, 1.54) is 0 Å². The van der Waals surface area contributed by atoms with Crippen LogP contribution in [-0.4, -0.2) is 71.3 Å². The number of azo groups is 1. The number of hydrogen-bond acceptors (Lipinski definition) is 8. The molecule has 0 bridgehead atoms. The fourth-order valence-electron chi connectivity index (χ4n) is 2.70. The van der Waals surface area contributed by atoms with Crippen LogP contribution < -0.4 is 10.6 Å². The number of nitrogens with one attached hydrogen (secondary N) is 2. The molecule has 10 heteroatoms. The molecule has 4 N–H and O–H groups in total. The molecule has 2 rings (SSSR count). The largest absolute Gasteiger partial charge is 0.396 e. The average molecular weight is 411 g/mol. The molecule has 0 saturated carbocycles. The summed E-state index contributed by atoms with van der Waals surface area (Å²) in [7, 11) is 0. The van der Waals surface area contributed by atoms with Crippen molar-refractivity contribution in [1.82, 2.24) is 10.6 Å². The van der Waals surface area contributed by atoms with Crippen LogP contribution in [0.3, 0.4) is 0 Å². The third kappa shape index (κ3) is 6.33. The van der Waals surface area contributed by atoms with Crippen molar-refractivity contribution in [2.24, 2.45) is 20.2 Å². The van der Waals surface area contributed by atoms with E-state index in [0.717, 1.165) is 11.7 Å². The Hall–Kier alpha value is -0.960. The molecule has 0 amide bonds. The molecule has 0 aliphatic carbocycles. The number of nitrogens with zero attached hydrogens (tertiary/aromatic N) is 4. The van der Waals surface area contributed by atoms with Gasteiger partial charge in [-0.2, -0.15) is 10.2 Å². The van der Waals surface area contributed by atoms with Crippen molar-refractivity contribution in [2.45, 2.75) is 63.7 Å². The first-order valence-electron chi connectivity index (χ1n) is 8.57. The van der Waals surface area contributed by atoms with Crippen LogP contribution in [0.5, 0.6) is 0 Å². The van der Waals surface area contributed by atoms with Crippen LogP contribution in [-0.2, 0) is 0 Å². The Morgan fingerprint density at radius 3 is 1.50 bits per heavy atom. The summed E-state index contributed by atoms with van der Waals surface area (Å²) in [6.07, 6.45) is 1.36. The number of rotatable bonds is 8. The van der Waals surface area contributed by atoms with Crippen LogP contribution in [0.15, 0.2) is 20.2 Å². The molecule has 2 atom stereocenters. The van der Waals surface area contributed by atoms with Crippen molar-refractivity contribution in [1.29, 1.82) is 0 Å². The smallest absolute Gasteiger partial charge is 0.133 e. The Kier molecular flexibility index (Phi) is 10.0. The van der Waals surface area contributed by atoms with Gasteiger partial charge in [-0.25, -0.2) is 0 Å². The van der Waals surface area contributed by atoms with Gasteiger partial charge >= 0.3 is 0 Å². The van der Waals surface area contributed by atoms with E-state index in [2.05, 4.69) is 30.8 Å². The lowest BCUT2D eigenvalue weighted by Gasteiger charge is -2.25. The van der Waals surface area contributed by atoms with Crippen LogP contribution in [0.1, 0.15) is 40.5 Å². The van der Waals surface area contributed by atoms with E-state index < -0.39 is 11.1 Å². The second-order valence-electron chi connectivity index (χ2n) is 7.40. The highest BCUT2D eigenvalue weighted by Gasteiger charge is 2.34. The highest BCUT2D eigenvalue weighted by molar-refractivity contribution is 5.93. The molecule has 0 aromatic carbocycles. The monoisotopic (exact) mass is 410 g/mol. The van der Waals surface area contributed by atoms with Gasteiger partial charge in [-0.3, -0.25) is 9.98 Å². The second-order valence-corrected chi connectivity index (χ2v) is 7.40. The van der Waals surface area contributed by atoms with Gasteiger partial charge in [0.15, 0.2) is 0 Å². The summed E-state index contributed by atoms with van der Waals surface area (Å²) in [5, 5.41) is 33.8. The molecule has 0 aromatic heterocycles. The Labute approximate surface area is 167 Å².